The van der Waals surface area contributed by atoms with E-state index >= 15 is 0 Å². The Morgan fingerprint density at radius 3 is 2.74 bits per heavy atom. The molecule has 7 nitrogen and oxygen atoms in total. The Kier molecular flexibility index (Phi) is 3.94. The molecule has 0 bridgehead atoms. The van der Waals surface area contributed by atoms with Crippen molar-refractivity contribution in [3.63, 3.8) is 0 Å². The van der Waals surface area contributed by atoms with Crippen LogP contribution in [0.2, 0.25) is 0 Å². The molecule has 19 heavy (non-hydrogen) atoms. The number of aliphatic hydroxyl groups is 1. The molecule has 2 radical (unpaired) electrons. The highest BCUT2D eigenvalue weighted by Gasteiger charge is 2.64. The van der Waals surface area contributed by atoms with Crippen LogP contribution in [0.1, 0.15) is 13.8 Å². The summed E-state index contributed by atoms with van der Waals surface area (Å²) in [6.45, 7) is 3.15. The van der Waals surface area contributed by atoms with Gasteiger partial charge in [0.05, 0.1) is 18.1 Å². The second-order valence-corrected chi connectivity index (χ2v) is 5.46. The normalized spacial score (nSPS) is 35.4. The number of aliphatic hydroxyl groups excluding tert-OH is 1. The fraction of sp³-hybridized carbons (Fsp3) is 0.700. The van der Waals surface area contributed by atoms with Crippen molar-refractivity contribution in [2.24, 2.45) is 11.8 Å². The second kappa shape index (κ2) is 5.19. The van der Waals surface area contributed by atoms with E-state index in [-0.39, 0.29) is 11.7 Å². The topological polar surface area (TPSA) is 95.9 Å². The van der Waals surface area contributed by atoms with Crippen molar-refractivity contribution in [1.29, 1.82) is 0 Å². The quantitative estimate of drug-likeness (QED) is 0.282. The molecule has 6 unspecified atom stereocenters. The number of nitrogens with zero attached hydrogens (tertiary/aromatic N) is 1. The molecule has 2 heterocycles. The van der Waals surface area contributed by atoms with E-state index < -0.39 is 45.0 Å². The van der Waals surface area contributed by atoms with Gasteiger partial charge >= 0.3 is 5.97 Å². The fourth-order valence-corrected chi connectivity index (χ4v) is 3.09. The number of hydrogen-bond donors (Lipinski definition) is 2. The maximum atomic E-state index is 12.1. The molecule has 2 aliphatic rings. The average molecular weight is 284 g/mol. The molecule has 2 aliphatic heterocycles. The molecule has 102 valence electrons. The van der Waals surface area contributed by atoms with Gasteiger partial charge in [-0.2, -0.15) is 0 Å². The van der Waals surface area contributed by atoms with Crippen molar-refractivity contribution >= 4 is 34.6 Å². The van der Waals surface area contributed by atoms with Gasteiger partial charge in [-0.15, -0.1) is 0 Å². The van der Waals surface area contributed by atoms with Crippen LogP contribution >= 0.6 is 8.96 Å². The van der Waals surface area contributed by atoms with Crippen LogP contribution in [0.4, 0.5) is 0 Å². The zero-order valence-corrected chi connectivity index (χ0v) is 11.5. The van der Waals surface area contributed by atoms with Gasteiger partial charge in [-0.1, -0.05) is 6.92 Å². The summed E-state index contributed by atoms with van der Waals surface area (Å²) in [4.78, 5) is 39.2. The van der Waals surface area contributed by atoms with Crippen LogP contribution in [-0.2, 0) is 18.9 Å². The summed E-state index contributed by atoms with van der Waals surface area (Å²) in [6.07, 6.45) is -0.841. The summed E-state index contributed by atoms with van der Waals surface area (Å²) in [5, 5.41) is 9.56. The second-order valence-electron chi connectivity index (χ2n) is 4.76. The van der Waals surface area contributed by atoms with E-state index in [1.54, 1.807) is 6.92 Å². The van der Waals surface area contributed by atoms with Crippen molar-refractivity contribution in [3.8, 4) is 0 Å². The molecule has 1 amide bonds. The van der Waals surface area contributed by atoms with E-state index in [0.29, 0.717) is 0 Å². The number of β-lactam (4-membered cyclic amide) rings is 1. The number of nitrogens with one attached hydrogen (secondary N) is 1. The highest BCUT2D eigenvalue weighted by molar-refractivity contribution is 7.32. The van der Waals surface area contributed by atoms with E-state index in [1.807, 2.05) is 0 Å². The number of carbonyl (C=O) groups excluding carboxylic acids is 3. The molecule has 0 aliphatic carbocycles. The Hall–Kier alpha value is -0.975. The van der Waals surface area contributed by atoms with Crippen molar-refractivity contribution in [3.05, 3.63) is 0 Å². The molecule has 9 heteroatoms. The third-order valence-electron chi connectivity index (χ3n) is 3.69. The smallest absolute Gasteiger partial charge is 0.340 e. The lowest BCUT2D eigenvalue weighted by Gasteiger charge is -2.46. The number of fused-ring (bicyclic) bond motifs is 1. The Morgan fingerprint density at radius 2 is 2.21 bits per heavy atom. The molecule has 2 N–H and O–H groups in total. The molecule has 2 rings (SSSR count). The summed E-state index contributed by atoms with van der Waals surface area (Å²) in [5.41, 5.74) is 0. The summed E-state index contributed by atoms with van der Waals surface area (Å²) in [7, 11) is 4.52. The van der Waals surface area contributed by atoms with Gasteiger partial charge in [-0.05, 0) is 6.92 Å². The summed E-state index contributed by atoms with van der Waals surface area (Å²) in [6, 6.07) is -1.63. The Labute approximate surface area is 113 Å². The van der Waals surface area contributed by atoms with Crippen LogP contribution in [0.25, 0.3) is 0 Å². The standard InChI is InChI=1S/C10H14BN2O5P/c1-3-6-5(4(2)14)9(16)13(6)7(8(3)15)10(17)18-19-12-11/h3-7,12,14,19H,1-2H3. The van der Waals surface area contributed by atoms with Crippen LogP contribution < -0.4 is 5.00 Å². The minimum Gasteiger partial charge on any atom is -0.431 e. The van der Waals surface area contributed by atoms with Crippen molar-refractivity contribution < 1.29 is 24.0 Å². The molecule has 0 spiro atoms. The van der Waals surface area contributed by atoms with E-state index in [9.17, 15) is 19.5 Å². The lowest BCUT2D eigenvalue weighted by atomic mass is 9.79. The minimum absolute atomic E-state index is 0.353. The van der Waals surface area contributed by atoms with Gasteiger partial charge in [-0.3, -0.25) is 9.59 Å². The van der Waals surface area contributed by atoms with Gasteiger partial charge in [0.25, 0.3) is 0 Å². The third kappa shape index (κ3) is 2.08. The van der Waals surface area contributed by atoms with Gasteiger partial charge in [0.1, 0.15) is 8.96 Å². The van der Waals surface area contributed by atoms with Gasteiger partial charge in [-0.25, -0.2) is 4.79 Å². The number of hydrogen-bond acceptors (Lipinski definition) is 6. The number of rotatable bonds is 4. The van der Waals surface area contributed by atoms with Crippen LogP contribution in [0, 0.1) is 11.8 Å². The first-order valence-corrected chi connectivity index (χ1v) is 6.78. The zero-order valence-electron chi connectivity index (χ0n) is 10.5. The van der Waals surface area contributed by atoms with Gasteiger partial charge < -0.3 is 19.5 Å². The summed E-state index contributed by atoms with van der Waals surface area (Å²) < 4.78 is 4.77. The number of carbonyl (C=O) groups is 3. The van der Waals surface area contributed by atoms with Crippen LogP contribution in [0.5, 0.6) is 0 Å². The molecular weight excluding hydrogens is 270 g/mol. The number of ketones is 1. The molecule has 2 fully saturated rings. The molecule has 2 saturated heterocycles. The van der Waals surface area contributed by atoms with E-state index in [4.69, 9.17) is 12.5 Å². The van der Waals surface area contributed by atoms with Crippen molar-refractivity contribution in [2.45, 2.75) is 32.0 Å². The molecule has 0 saturated carbocycles. The molecule has 0 aromatic rings. The van der Waals surface area contributed by atoms with E-state index in [2.05, 4.69) is 5.00 Å². The number of Topliss-reactive ketones (excluding diaryl/α,β-unsaturated/α-hetero) is 1. The third-order valence-corrected chi connectivity index (χ3v) is 4.11. The highest BCUT2D eigenvalue weighted by Crippen LogP contribution is 2.43. The first-order valence-electron chi connectivity index (χ1n) is 5.87. The van der Waals surface area contributed by atoms with Gasteiger partial charge in [0, 0.05) is 5.92 Å². The van der Waals surface area contributed by atoms with Gasteiger partial charge in [0.2, 0.25) is 5.91 Å². The maximum absolute atomic E-state index is 12.1. The van der Waals surface area contributed by atoms with Crippen molar-refractivity contribution in [2.75, 3.05) is 0 Å². The van der Waals surface area contributed by atoms with Crippen LogP contribution in [0.15, 0.2) is 0 Å². The minimum atomic E-state index is -1.21. The van der Waals surface area contributed by atoms with E-state index in [0.717, 1.165) is 0 Å². The molecule has 0 aromatic carbocycles. The first-order chi connectivity index (χ1) is 8.91. The highest BCUT2D eigenvalue weighted by atomic mass is 31.1. The number of amides is 1. The maximum Gasteiger partial charge on any atom is 0.340 e. The Bertz CT molecular complexity index is 432. The first kappa shape index (κ1) is 14.4. The molecule has 0 aromatic heterocycles. The molecular formula is C10H14BN2O5P. The fourth-order valence-electron chi connectivity index (χ4n) is 2.82. The van der Waals surface area contributed by atoms with E-state index in [1.165, 1.54) is 11.8 Å². The summed E-state index contributed by atoms with van der Waals surface area (Å²) >= 11 is 0. The van der Waals surface area contributed by atoms with Gasteiger partial charge in [0.15, 0.2) is 19.8 Å². The van der Waals surface area contributed by atoms with Crippen LogP contribution in [-0.4, -0.2) is 53.8 Å². The predicted molar refractivity (Wildman–Crippen MR) is 67.1 cm³/mol. The largest absolute Gasteiger partial charge is 0.431 e. The SMILES string of the molecule is [B]NPOC(=O)C1C(=O)C(C)C2C(C(C)O)C(=O)N12. The van der Waals surface area contributed by atoms with Crippen LogP contribution in [0.3, 0.4) is 0 Å². The Balaban J connectivity index is 2.18. The predicted octanol–water partition coefficient (Wildman–Crippen LogP) is -1.49. The lowest BCUT2D eigenvalue weighted by molar-refractivity contribution is -0.170. The Morgan fingerprint density at radius 1 is 1.58 bits per heavy atom. The summed E-state index contributed by atoms with van der Waals surface area (Å²) in [5.74, 6) is -2.62. The monoisotopic (exact) mass is 284 g/mol. The average Bonchev–Trinajstić information content (AvgIpc) is 2.57. The molecule has 6 atom stereocenters. The lowest BCUT2D eigenvalue weighted by Crippen LogP contribution is -2.65. The van der Waals surface area contributed by atoms with Crippen molar-refractivity contribution in [1.82, 2.24) is 9.90 Å². The zero-order chi connectivity index (χ0) is 14.3.